The van der Waals surface area contributed by atoms with E-state index in [1.807, 2.05) is 30.3 Å². The van der Waals surface area contributed by atoms with Gasteiger partial charge in [0, 0.05) is 0 Å². The van der Waals surface area contributed by atoms with Crippen molar-refractivity contribution in [3.05, 3.63) is 35.9 Å². The lowest BCUT2D eigenvalue weighted by atomic mass is 10.2. The zero-order chi connectivity index (χ0) is 11.8. The molecule has 2 N–H and O–H groups in total. The van der Waals surface area contributed by atoms with Crippen LogP contribution in [0.3, 0.4) is 0 Å². The van der Waals surface area contributed by atoms with Crippen LogP contribution in [0.1, 0.15) is 5.56 Å². The first-order valence-electron chi connectivity index (χ1n) is 4.87. The fraction of sp³-hybridized carbons (Fsp3) is 0.273. The maximum absolute atomic E-state index is 11.1. The normalized spacial score (nSPS) is 9.56. The number of hydrogen-bond acceptors (Lipinski definition) is 4. The quantitative estimate of drug-likeness (QED) is 0.785. The van der Waals surface area contributed by atoms with Crippen molar-refractivity contribution in [1.82, 2.24) is 10.6 Å². The predicted molar refractivity (Wildman–Crippen MR) is 58.7 cm³/mol. The van der Waals surface area contributed by atoms with Crippen LogP contribution in [0.25, 0.3) is 0 Å². The molecule has 0 aromatic heterocycles. The molecule has 0 radical (unpaired) electrons. The summed E-state index contributed by atoms with van der Waals surface area (Å²) in [6.07, 6.45) is -0.732. The van der Waals surface area contributed by atoms with Crippen molar-refractivity contribution in [3.8, 4) is 0 Å². The average Bonchev–Trinajstić information content (AvgIpc) is 2.28. The largest absolute Gasteiger partial charge is 0.444 e. The van der Waals surface area contributed by atoms with Crippen LogP contribution in [0.15, 0.2) is 30.3 Å². The van der Waals surface area contributed by atoms with E-state index in [2.05, 4.69) is 10.6 Å². The molecule has 0 spiro atoms. The molecule has 16 heavy (non-hydrogen) atoms. The van der Waals surface area contributed by atoms with Gasteiger partial charge in [-0.2, -0.15) is 0 Å². The second kappa shape index (κ2) is 6.58. The number of carbonyl (C=O) groups excluding carboxylic acids is 2. The first-order chi connectivity index (χ1) is 7.72. The monoisotopic (exact) mass is 222 g/mol. The molecular formula is C11H14N2O3. The summed E-state index contributed by atoms with van der Waals surface area (Å²) in [7, 11) is 1.62. The van der Waals surface area contributed by atoms with Crippen molar-refractivity contribution in [2.45, 2.75) is 6.61 Å². The van der Waals surface area contributed by atoms with Crippen LogP contribution in [-0.2, 0) is 16.1 Å². The van der Waals surface area contributed by atoms with E-state index < -0.39 is 12.0 Å². The van der Waals surface area contributed by atoms with E-state index in [1.54, 1.807) is 7.05 Å². The van der Waals surface area contributed by atoms with Crippen molar-refractivity contribution >= 4 is 12.0 Å². The van der Waals surface area contributed by atoms with Crippen molar-refractivity contribution in [2.75, 3.05) is 13.6 Å². The van der Waals surface area contributed by atoms with Gasteiger partial charge < -0.3 is 10.1 Å². The minimum absolute atomic E-state index is 0.0838. The van der Waals surface area contributed by atoms with Crippen LogP contribution >= 0.6 is 0 Å². The zero-order valence-electron chi connectivity index (χ0n) is 9.03. The Balaban J connectivity index is 2.28. The molecule has 0 aliphatic heterocycles. The lowest BCUT2D eigenvalue weighted by Gasteiger charge is -2.05. The smallest absolute Gasteiger partial charge is 0.414 e. The highest BCUT2D eigenvalue weighted by atomic mass is 16.5. The molecule has 0 fully saturated rings. The summed E-state index contributed by atoms with van der Waals surface area (Å²) in [5.41, 5.74) is 0.874. The van der Waals surface area contributed by atoms with Gasteiger partial charge in [-0.25, -0.2) is 4.79 Å². The van der Waals surface area contributed by atoms with E-state index >= 15 is 0 Å². The van der Waals surface area contributed by atoms with Gasteiger partial charge >= 0.3 is 6.09 Å². The zero-order valence-corrected chi connectivity index (χ0v) is 9.03. The average molecular weight is 222 g/mol. The van der Waals surface area contributed by atoms with Crippen molar-refractivity contribution in [2.24, 2.45) is 0 Å². The number of hydrogen-bond donors (Lipinski definition) is 2. The molecule has 5 nitrogen and oxygen atoms in total. The fourth-order valence-corrected chi connectivity index (χ4v) is 1.08. The van der Waals surface area contributed by atoms with Gasteiger partial charge in [-0.15, -0.1) is 0 Å². The predicted octanol–water partition coefficient (Wildman–Crippen LogP) is 0.659. The summed E-state index contributed by atoms with van der Waals surface area (Å²) in [6, 6.07) is 9.25. The van der Waals surface area contributed by atoms with Crippen LogP contribution in [0.4, 0.5) is 4.79 Å². The van der Waals surface area contributed by atoms with Crippen LogP contribution in [0, 0.1) is 0 Å². The Morgan fingerprint density at radius 3 is 2.56 bits per heavy atom. The molecule has 5 heteroatoms. The molecule has 1 aromatic rings. The molecule has 0 saturated carbocycles. The van der Waals surface area contributed by atoms with Crippen molar-refractivity contribution in [3.63, 3.8) is 0 Å². The topological polar surface area (TPSA) is 67.4 Å². The number of amides is 2. The molecule has 2 amide bonds. The van der Waals surface area contributed by atoms with Crippen LogP contribution in [0.2, 0.25) is 0 Å². The number of rotatable bonds is 4. The minimum atomic E-state index is -0.732. The molecule has 1 rings (SSSR count). The summed E-state index contributed by atoms with van der Waals surface area (Å²) in [5.74, 6) is -0.416. The molecule has 0 atom stereocenters. The number of ether oxygens (including phenoxy) is 1. The molecule has 1 aromatic carbocycles. The highest BCUT2D eigenvalue weighted by molar-refractivity contribution is 5.92. The van der Waals surface area contributed by atoms with Gasteiger partial charge in [-0.1, -0.05) is 30.3 Å². The standard InChI is InChI=1S/C11H14N2O3/c1-12-7-10(14)13-11(15)16-8-9-5-3-2-4-6-9/h2-6,12H,7-8H2,1H3,(H,13,14,15). The number of imide groups is 1. The van der Waals surface area contributed by atoms with Crippen LogP contribution < -0.4 is 10.6 Å². The Kier molecular flexibility index (Phi) is 5.01. The number of benzene rings is 1. The van der Waals surface area contributed by atoms with Gasteiger partial charge in [0.05, 0.1) is 6.54 Å². The Labute approximate surface area is 93.8 Å². The van der Waals surface area contributed by atoms with Gasteiger partial charge in [-0.3, -0.25) is 10.1 Å². The number of alkyl carbamates (subject to hydrolysis) is 1. The highest BCUT2D eigenvalue weighted by Crippen LogP contribution is 2.00. The molecule has 86 valence electrons. The Hall–Kier alpha value is -1.88. The second-order valence-corrected chi connectivity index (χ2v) is 3.14. The fourth-order valence-electron chi connectivity index (χ4n) is 1.08. The van der Waals surface area contributed by atoms with Gasteiger partial charge in [0.25, 0.3) is 0 Å². The van der Waals surface area contributed by atoms with E-state index in [0.717, 1.165) is 5.56 Å². The number of likely N-dealkylation sites (N-methyl/N-ethyl adjacent to an activating group) is 1. The molecule has 0 unspecified atom stereocenters. The Morgan fingerprint density at radius 2 is 1.94 bits per heavy atom. The molecule has 0 heterocycles. The maximum atomic E-state index is 11.1. The molecule has 0 aliphatic rings. The third-order valence-corrected chi connectivity index (χ3v) is 1.79. The van der Waals surface area contributed by atoms with Gasteiger partial charge in [0.1, 0.15) is 6.61 Å². The third-order valence-electron chi connectivity index (χ3n) is 1.79. The van der Waals surface area contributed by atoms with Gasteiger partial charge in [0.15, 0.2) is 0 Å². The molecule has 0 aliphatic carbocycles. The van der Waals surface area contributed by atoms with E-state index in [9.17, 15) is 9.59 Å². The summed E-state index contributed by atoms with van der Waals surface area (Å²) in [5, 5.41) is 4.72. The number of carbonyl (C=O) groups is 2. The first kappa shape index (κ1) is 12.2. The molecule has 0 bridgehead atoms. The van der Waals surface area contributed by atoms with Gasteiger partial charge in [0.2, 0.25) is 5.91 Å². The summed E-state index contributed by atoms with van der Waals surface area (Å²) < 4.78 is 4.85. The summed E-state index contributed by atoms with van der Waals surface area (Å²) in [6.45, 7) is 0.236. The molecule has 0 saturated heterocycles. The number of nitrogens with one attached hydrogen (secondary N) is 2. The van der Waals surface area contributed by atoms with Crippen LogP contribution in [-0.4, -0.2) is 25.6 Å². The Morgan fingerprint density at radius 1 is 1.25 bits per heavy atom. The maximum Gasteiger partial charge on any atom is 0.414 e. The SMILES string of the molecule is CNCC(=O)NC(=O)OCc1ccccc1. The van der Waals surface area contributed by atoms with E-state index in [-0.39, 0.29) is 13.2 Å². The lowest BCUT2D eigenvalue weighted by Crippen LogP contribution is -2.36. The lowest BCUT2D eigenvalue weighted by molar-refractivity contribution is -0.119. The van der Waals surface area contributed by atoms with Crippen molar-refractivity contribution in [1.29, 1.82) is 0 Å². The third kappa shape index (κ3) is 4.56. The summed E-state index contributed by atoms with van der Waals surface area (Å²) >= 11 is 0. The molecular weight excluding hydrogens is 208 g/mol. The minimum Gasteiger partial charge on any atom is -0.444 e. The van der Waals surface area contributed by atoms with E-state index in [4.69, 9.17) is 4.74 Å². The van der Waals surface area contributed by atoms with Crippen LogP contribution in [0.5, 0.6) is 0 Å². The highest BCUT2D eigenvalue weighted by Gasteiger charge is 2.07. The van der Waals surface area contributed by atoms with Gasteiger partial charge in [-0.05, 0) is 12.6 Å². The summed E-state index contributed by atoms with van der Waals surface area (Å²) in [4.78, 5) is 22.1. The Bertz CT molecular complexity index is 352. The van der Waals surface area contributed by atoms with E-state index in [1.165, 1.54) is 0 Å². The van der Waals surface area contributed by atoms with E-state index in [0.29, 0.717) is 0 Å². The second-order valence-electron chi connectivity index (χ2n) is 3.14. The van der Waals surface area contributed by atoms with Crippen molar-refractivity contribution < 1.29 is 14.3 Å². The first-order valence-corrected chi connectivity index (χ1v) is 4.87.